The van der Waals surface area contributed by atoms with E-state index < -0.39 is 0 Å². The fraction of sp³-hybridized carbons (Fsp3) is 0.278. The van der Waals surface area contributed by atoms with E-state index in [1.807, 2.05) is 29.6 Å². The van der Waals surface area contributed by atoms with Crippen molar-refractivity contribution in [1.29, 1.82) is 0 Å². The van der Waals surface area contributed by atoms with E-state index in [1.165, 1.54) is 0 Å². The minimum atomic E-state index is 0.180. The van der Waals surface area contributed by atoms with Gasteiger partial charge in [0.2, 0.25) is 0 Å². The van der Waals surface area contributed by atoms with Gasteiger partial charge >= 0.3 is 0 Å². The summed E-state index contributed by atoms with van der Waals surface area (Å²) in [5.74, 6) is 0.832. The van der Waals surface area contributed by atoms with Gasteiger partial charge in [-0.15, -0.1) is 11.3 Å². The van der Waals surface area contributed by atoms with Crippen LogP contribution in [0.15, 0.2) is 48.1 Å². The highest BCUT2D eigenvalue weighted by molar-refractivity contribution is 7.14. The molecule has 1 atom stereocenters. The lowest BCUT2D eigenvalue weighted by molar-refractivity contribution is 0.0293. The number of morpholine rings is 1. The molecule has 0 aromatic carbocycles. The second-order valence-corrected chi connectivity index (χ2v) is 6.65. The number of hydrogen-bond acceptors (Lipinski definition) is 7. The Kier molecular flexibility index (Phi) is 4.96. The van der Waals surface area contributed by atoms with Crippen LogP contribution in [0.3, 0.4) is 0 Å². The summed E-state index contributed by atoms with van der Waals surface area (Å²) in [6.07, 6.45) is 4.57. The van der Waals surface area contributed by atoms with Gasteiger partial charge in [-0.3, -0.25) is 4.98 Å². The minimum Gasteiger partial charge on any atom is -0.375 e. The van der Waals surface area contributed by atoms with Crippen molar-refractivity contribution in [2.24, 2.45) is 0 Å². The maximum absolute atomic E-state index is 5.81. The third kappa shape index (κ3) is 4.01. The van der Waals surface area contributed by atoms with Crippen LogP contribution in [0.5, 0.6) is 0 Å². The van der Waals surface area contributed by atoms with Crippen LogP contribution in [0.1, 0.15) is 5.56 Å². The molecule has 2 N–H and O–H groups in total. The average Bonchev–Trinajstić information content (AvgIpc) is 3.14. The fourth-order valence-corrected chi connectivity index (χ4v) is 3.48. The van der Waals surface area contributed by atoms with E-state index in [9.17, 15) is 0 Å². The van der Waals surface area contributed by atoms with Gasteiger partial charge in [0.15, 0.2) is 5.13 Å². The van der Waals surface area contributed by atoms with Gasteiger partial charge in [-0.1, -0.05) is 12.1 Å². The predicted octanol–water partition coefficient (Wildman–Crippen LogP) is 2.87. The van der Waals surface area contributed by atoms with Crippen LogP contribution in [0, 0.1) is 0 Å². The molecular weight excluding hydrogens is 334 g/mol. The highest BCUT2D eigenvalue weighted by Gasteiger charge is 2.17. The molecule has 0 radical (unpaired) electrons. The standard InChI is InChI=1S/C18H19N5OS/c1-2-6-20-15(5-1)16-12-25-18(22-16)23-17-13(4-3-7-21-17)10-14-11-19-8-9-24-14/h1-7,12,14,19H,8-11H2,(H,21,22,23). The number of thiazole rings is 1. The van der Waals surface area contributed by atoms with Gasteiger partial charge in [-0.05, 0) is 23.8 Å². The van der Waals surface area contributed by atoms with Crippen LogP contribution >= 0.6 is 11.3 Å². The summed E-state index contributed by atoms with van der Waals surface area (Å²) in [7, 11) is 0. The van der Waals surface area contributed by atoms with Gasteiger partial charge < -0.3 is 15.4 Å². The molecule has 0 aliphatic carbocycles. The summed E-state index contributed by atoms with van der Waals surface area (Å²) >= 11 is 1.55. The first kappa shape index (κ1) is 16.1. The van der Waals surface area contributed by atoms with Gasteiger partial charge in [0.05, 0.1) is 18.4 Å². The van der Waals surface area contributed by atoms with Crippen molar-refractivity contribution in [2.45, 2.75) is 12.5 Å². The summed E-state index contributed by atoms with van der Waals surface area (Å²) in [4.78, 5) is 13.5. The number of nitrogens with one attached hydrogen (secondary N) is 2. The van der Waals surface area contributed by atoms with Crippen LogP contribution in [-0.2, 0) is 11.2 Å². The molecular formula is C18H19N5OS. The predicted molar refractivity (Wildman–Crippen MR) is 99.2 cm³/mol. The molecule has 6 nitrogen and oxygen atoms in total. The van der Waals surface area contributed by atoms with Crippen molar-refractivity contribution in [3.8, 4) is 11.4 Å². The summed E-state index contributed by atoms with van der Waals surface area (Å²) in [5, 5.41) is 9.52. The smallest absolute Gasteiger partial charge is 0.188 e. The maximum Gasteiger partial charge on any atom is 0.188 e. The van der Waals surface area contributed by atoms with Crippen molar-refractivity contribution in [3.63, 3.8) is 0 Å². The Balaban J connectivity index is 1.50. The molecule has 4 rings (SSSR count). The van der Waals surface area contributed by atoms with Gasteiger partial charge in [0, 0.05) is 37.3 Å². The number of hydrogen-bond donors (Lipinski definition) is 2. The Bertz CT molecular complexity index is 817. The van der Waals surface area contributed by atoms with Gasteiger partial charge in [-0.25, -0.2) is 9.97 Å². The molecule has 0 bridgehead atoms. The van der Waals surface area contributed by atoms with E-state index in [-0.39, 0.29) is 6.10 Å². The molecule has 1 aliphatic rings. The number of aromatic nitrogens is 3. The zero-order valence-electron chi connectivity index (χ0n) is 13.7. The zero-order valence-corrected chi connectivity index (χ0v) is 14.5. The molecule has 7 heteroatoms. The van der Waals surface area contributed by atoms with Crippen LogP contribution < -0.4 is 10.6 Å². The van der Waals surface area contributed by atoms with E-state index in [0.29, 0.717) is 0 Å². The van der Waals surface area contributed by atoms with E-state index in [4.69, 9.17) is 4.74 Å². The monoisotopic (exact) mass is 353 g/mol. The SMILES string of the molecule is c1ccc(-c2csc(Nc3ncccc3CC3CNCCO3)n2)nc1. The Labute approximate surface area is 150 Å². The molecule has 3 aromatic rings. The molecule has 1 fully saturated rings. The Morgan fingerprint density at radius 2 is 2.12 bits per heavy atom. The molecule has 128 valence electrons. The lowest BCUT2D eigenvalue weighted by Gasteiger charge is -2.24. The van der Waals surface area contributed by atoms with Crippen molar-refractivity contribution >= 4 is 22.3 Å². The van der Waals surface area contributed by atoms with Crippen LogP contribution in [0.2, 0.25) is 0 Å². The number of anilines is 2. The van der Waals surface area contributed by atoms with Crippen LogP contribution in [0.4, 0.5) is 10.9 Å². The molecule has 1 aliphatic heterocycles. The summed E-state index contributed by atoms with van der Waals surface area (Å²) in [5.41, 5.74) is 2.87. The molecule has 25 heavy (non-hydrogen) atoms. The first-order valence-corrected chi connectivity index (χ1v) is 9.16. The van der Waals surface area contributed by atoms with E-state index in [0.717, 1.165) is 54.0 Å². The van der Waals surface area contributed by atoms with E-state index >= 15 is 0 Å². The highest BCUT2D eigenvalue weighted by atomic mass is 32.1. The molecule has 0 spiro atoms. The number of nitrogens with zero attached hydrogens (tertiary/aromatic N) is 3. The summed E-state index contributed by atoms with van der Waals surface area (Å²) in [6, 6.07) is 9.86. The second kappa shape index (κ2) is 7.69. The highest BCUT2D eigenvalue weighted by Crippen LogP contribution is 2.27. The quantitative estimate of drug-likeness (QED) is 0.735. The van der Waals surface area contributed by atoms with Crippen molar-refractivity contribution < 1.29 is 4.74 Å². The first-order valence-electron chi connectivity index (χ1n) is 8.28. The Morgan fingerprint density at radius 3 is 2.96 bits per heavy atom. The maximum atomic E-state index is 5.81. The van der Waals surface area contributed by atoms with Gasteiger partial charge in [0.25, 0.3) is 0 Å². The van der Waals surface area contributed by atoms with Crippen molar-refractivity contribution in [2.75, 3.05) is 25.0 Å². The van der Waals surface area contributed by atoms with E-state index in [2.05, 4.69) is 31.7 Å². The number of rotatable bonds is 5. The fourth-order valence-electron chi connectivity index (χ4n) is 2.78. The van der Waals surface area contributed by atoms with Crippen molar-refractivity contribution in [1.82, 2.24) is 20.3 Å². The molecule has 0 amide bonds. The lowest BCUT2D eigenvalue weighted by Crippen LogP contribution is -2.39. The third-order valence-corrected chi connectivity index (χ3v) is 4.76. The number of pyridine rings is 2. The number of ether oxygens (including phenoxy) is 1. The normalized spacial score (nSPS) is 17.4. The Morgan fingerprint density at radius 1 is 1.16 bits per heavy atom. The molecule has 0 saturated carbocycles. The van der Waals surface area contributed by atoms with Crippen molar-refractivity contribution in [3.05, 3.63) is 53.7 Å². The summed E-state index contributed by atoms with van der Waals surface area (Å²) < 4.78 is 5.81. The van der Waals surface area contributed by atoms with Gasteiger partial charge in [0.1, 0.15) is 11.5 Å². The summed E-state index contributed by atoms with van der Waals surface area (Å²) in [6.45, 7) is 2.55. The lowest BCUT2D eigenvalue weighted by atomic mass is 10.1. The molecule has 3 aromatic heterocycles. The van der Waals surface area contributed by atoms with Gasteiger partial charge in [-0.2, -0.15) is 0 Å². The Hall–Kier alpha value is -2.35. The topological polar surface area (TPSA) is 72.0 Å². The largest absolute Gasteiger partial charge is 0.375 e. The first-order chi connectivity index (χ1) is 12.4. The van der Waals surface area contributed by atoms with Crippen LogP contribution in [-0.4, -0.2) is 40.8 Å². The average molecular weight is 353 g/mol. The van der Waals surface area contributed by atoms with E-state index in [1.54, 1.807) is 23.7 Å². The zero-order chi connectivity index (χ0) is 16.9. The third-order valence-electron chi connectivity index (χ3n) is 4.00. The molecule has 1 saturated heterocycles. The molecule has 4 heterocycles. The second-order valence-electron chi connectivity index (χ2n) is 5.79. The van der Waals surface area contributed by atoms with Crippen LogP contribution in [0.25, 0.3) is 11.4 Å². The minimum absolute atomic E-state index is 0.180. The molecule has 1 unspecified atom stereocenters.